The molecule has 1 heterocycles. The maximum Gasteiger partial charge on any atom is 0.417 e. The van der Waals surface area contributed by atoms with E-state index in [4.69, 9.17) is 10.8 Å². The van der Waals surface area contributed by atoms with Crippen LogP contribution in [0.4, 0.5) is 19.0 Å². The van der Waals surface area contributed by atoms with E-state index in [-0.39, 0.29) is 31.1 Å². The van der Waals surface area contributed by atoms with Gasteiger partial charge in [-0.2, -0.15) is 13.2 Å². The molecule has 5 nitrogen and oxygen atoms in total. The number of hydrogen-bond acceptors (Lipinski definition) is 4. The molecule has 0 spiro atoms. The van der Waals surface area contributed by atoms with Crippen LogP contribution in [0.15, 0.2) is 36.4 Å². The predicted molar refractivity (Wildman–Crippen MR) is 83.4 cm³/mol. The molecule has 0 bridgehead atoms. The van der Waals surface area contributed by atoms with Crippen molar-refractivity contribution in [3.8, 4) is 11.3 Å². The van der Waals surface area contributed by atoms with E-state index in [1.807, 2.05) is 0 Å². The van der Waals surface area contributed by atoms with Crippen molar-refractivity contribution in [2.24, 2.45) is 5.73 Å². The van der Waals surface area contributed by atoms with E-state index in [1.165, 1.54) is 0 Å². The highest BCUT2D eigenvalue weighted by Gasteiger charge is 2.37. The monoisotopic (exact) mass is 339 g/mol. The fourth-order valence-electron chi connectivity index (χ4n) is 2.19. The van der Waals surface area contributed by atoms with Crippen LogP contribution in [-0.2, 0) is 6.18 Å². The van der Waals surface area contributed by atoms with Crippen molar-refractivity contribution < 1.29 is 23.1 Å². The third-order valence-corrected chi connectivity index (χ3v) is 3.27. The van der Waals surface area contributed by atoms with Crippen LogP contribution in [0, 0.1) is 0 Å². The topological polar surface area (TPSA) is 88.2 Å². The maximum atomic E-state index is 13.4. The van der Waals surface area contributed by atoms with Crippen LogP contribution < -0.4 is 11.1 Å². The van der Waals surface area contributed by atoms with E-state index in [0.717, 1.165) is 6.07 Å². The van der Waals surface area contributed by atoms with Gasteiger partial charge < -0.3 is 16.2 Å². The number of alkyl halides is 3. The number of nitrogens with one attached hydrogen (secondary N) is 1. The Morgan fingerprint density at radius 3 is 2.46 bits per heavy atom. The number of carbonyl (C=O) groups is 1. The van der Waals surface area contributed by atoms with E-state index in [2.05, 4.69) is 10.3 Å². The average molecular weight is 339 g/mol. The Morgan fingerprint density at radius 1 is 1.25 bits per heavy atom. The summed E-state index contributed by atoms with van der Waals surface area (Å²) in [6.45, 7) is 0.00271. The van der Waals surface area contributed by atoms with Crippen molar-refractivity contribution in [3.05, 3.63) is 47.5 Å². The van der Waals surface area contributed by atoms with Gasteiger partial charge >= 0.3 is 6.18 Å². The number of aromatic nitrogens is 1. The van der Waals surface area contributed by atoms with Gasteiger partial charge in [-0.25, -0.2) is 4.98 Å². The number of aliphatic hydroxyl groups is 1. The van der Waals surface area contributed by atoms with E-state index in [1.54, 1.807) is 30.3 Å². The van der Waals surface area contributed by atoms with Crippen molar-refractivity contribution in [3.63, 3.8) is 0 Å². The smallest absolute Gasteiger partial charge is 0.396 e. The number of carbonyl (C=O) groups excluding carboxylic acids is 1. The van der Waals surface area contributed by atoms with Crippen molar-refractivity contribution in [2.75, 3.05) is 18.5 Å². The molecule has 1 amide bonds. The second-order valence-corrected chi connectivity index (χ2v) is 5.01. The van der Waals surface area contributed by atoms with Crippen LogP contribution in [0.1, 0.15) is 22.3 Å². The van der Waals surface area contributed by atoms with Crippen molar-refractivity contribution in [1.29, 1.82) is 0 Å². The molecule has 4 N–H and O–H groups in total. The van der Waals surface area contributed by atoms with Gasteiger partial charge in [-0.3, -0.25) is 4.79 Å². The Kier molecular flexibility index (Phi) is 5.40. The van der Waals surface area contributed by atoms with Crippen LogP contribution >= 0.6 is 0 Å². The van der Waals surface area contributed by atoms with Crippen molar-refractivity contribution >= 4 is 11.7 Å². The summed E-state index contributed by atoms with van der Waals surface area (Å²) in [5.74, 6) is -1.47. The van der Waals surface area contributed by atoms with Crippen LogP contribution in [0.25, 0.3) is 11.3 Å². The van der Waals surface area contributed by atoms with Gasteiger partial charge in [0.2, 0.25) is 0 Å². The lowest BCUT2D eigenvalue weighted by Gasteiger charge is -2.17. The van der Waals surface area contributed by atoms with Crippen molar-refractivity contribution in [1.82, 2.24) is 4.98 Å². The average Bonchev–Trinajstić information content (AvgIpc) is 2.54. The molecule has 0 saturated carbocycles. The number of halogens is 3. The third-order valence-electron chi connectivity index (χ3n) is 3.27. The van der Waals surface area contributed by atoms with E-state index < -0.39 is 23.2 Å². The first-order valence-electron chi connectivity index (χ1n) is 7.16. The molecule has 0 aliphatic rings. The lowest BCUT2D eigenvalue weighted by molar-refractivity contribution is -0.137. The van der Waals surface area contributed by atoms with Gasteiger partial charge in [0.15, 0.2) is 0 Å². The highest BCUT2D eigenvalue weighted by molar-refractivity contribution is 6.00. The molecule has 8 heteroatoms. The quantitative estimate of drug-likeness (QED) is 0.706. The molecule has 2 aromatic rings. The van der Waals surface area contributed by atoms with Crippen LogP contribution in [-0.4, -0.2) is 29.1 Å². The number of anilines is 1. The summed E-state index contributed by atoms with van der Waals surface area (Å²) in [6, 6.07) is 9.11. The normalized spacial score (nSPS) is 11.3. The Morgan fingerprint density at radius 2 is 1.92 bits per heavy atom. The summed E-state index contributed by atoms with van der Waals surface area (Å²) in [5.41, 5.74) is 3.83. The zero-order chi connectivity index (χ0) is 17.7. The fraction of sp³-hybridized carbons (Fsp3) is 0.250. The van der Waals surface area contributed by atoms with Gasteiger partial charge in [0, 0.05) is 18.7 Å². The Labute approximate surface area is 136 Å². The number of primary amides is 1. The summed E-state index contributed by atoms with van der Waals surface area (Å²) in [7, 11) is 0. The molecule has 0 unspecified atom stereocenters. The summed E-state index contributed by atoms with van der Waals surface area (Å²) < 4.78 is 40.1. The lowest BCUT2D eigenvalue weighted by atomic mass is 10.0. The standard InChI is InChI=1S/C16H16F3N3O2/c17-16(18,19)11-9-12(10-5-2-1-3-6-10)22-15(13(11)14(20)24)21-7-4-8-23/h1-3,5-6,9,23H,4,7-8H2,(H2,20,24)(H,21,22). The summed E-state index contributed by atoms with van der Waals surface area (Å²) in [5, 5.41) is 11.5. The molecule has 2 rings (SSSR count). The second kappa shape index (κ2) is 7.31. The third kappa shape index (κ3) is 4.02. The lowest BCUT2D eigenvalue weighted by Crippen LogP contribution is -2.23. The summed E-state index contributed by atoms with van der Waals surface area (Å²) in [4.78, 5) is 15.7. The molecular formula is C16H16F3N3O2. The van der Waals surface area contributed by atoms with Gasteiger partial charge in [0.05, 0.1) is 16.8 Å². The molecule has 0 atom stereocenters. The van der Waals surface area contributed by atoms with E-state index >= 15 is 0 Å². The molecule has 0 aliphatic carbocycles. The van der Waals surface area contributed by atoms with Crippen LogP contribution in [0.5, 0.6) is 0 Å². The first-order valence-corrected chi connectivity index (χ1v) is 7.16. The number of pyridine rings is 1. The maximum absolute atomic E-state index is 13.4. The van der Waals surface area contributed by atoms with Gasteiger partial charge in [0.1, 0.15) is 5.82 Å². The first kappa shape index (κ1) is 17.7. The highest BCUT2D eigenvalue weighted by Crippen LogP contribution is 2.37. The van der Waals surface area contributed by atoms with Gasteiger partial charge in [-0.15, -0.1) is 0 Å². The Hall–Kier alpha value is -2.61. The molecule has 1 aromatic carbocycles. The largest absolute Gasteiger partial charge is 0.417 e. The highest BCUT2D eigenvalue weighted by atomic mass is 19.4. The minimum absolute atomic E-state index is 0.0689. The fourth-order valence-corrected chi connectivity index (χ4v) is 2.19. The molecule has 128 valence electrons. The number of nitrogens with zero attached hydrogens (tertiary/aromatic N) is 1. The molecule has 0 fully saturated rings. The zero-order valence-corrected chi connectivity index (χ0v) is 12.6. The summed E-state index contributed by atoms with van der Waals surface area (Å²) >= 11 is 0. The molecule has 24 heavy (non-hydrogen) atoms. The van der Waals surface area contributed by atoms with E-state index in [9.17, 15) is 18.0 Å². The van der Waals surface area contributed by atoms with Crippen LogP contribution in [0.3, 0.4) is 0 Å². The van der Waals surface area contributed by atoms with E-state index in [0.29, 0.717) is 5.56 Å². The number of rotatable bonds is 6. The number of benzene rings is 1. The number of nitrogens with two attached hydrogens (primary N) is 1. The van der Waals surface area contributed by atoms with Crippen LogP contribution in [0.2, 0.25) is 0 Å². The summed E-state index contributed by atoms with van der Waals surface area (Å²) in [6.07, 6.45) is -4.47. The first-order chi connectivity index (χ1) is 11.3. The molecule has 0 radical (unpaired) electrons. The minimum atomic E-state index is -4.76. The number of hydrogen-bond donors (Lipinski definition) is 3. The molecule has 1 aromatic heterocycles. The van der Waals surface area contributed by atoms with Gasteiger partial charge in [-0.05, 0) is 12.5 Å². The minimum Gasteiger partial charge on any atom is -0.396 e. The van der Waals surface area contributed by atoms with Gasteiger partial charge in [0.25, 0.3) is 5.91 Å². The zero-order valence-electron chi connectivity index (χ0n) is 12.6. The number of amides is 1. The molecular weight excluding hydrogens is 323 g/mol. The van der Waals surface area contributed by atoms with Gasteiger partial charge in [-0.1, -0.05) is 30.3 Å². The molecule has 0 saturated heterocycles. The predicted octanol–water partition coefficient (Wildman–Crippen LogP) is 2.66. The Balaban J connectivity index is 2.63. The SMILES string of the molecule is NC(=O)c1c(C(F)(F)F)cc(-c2ccccc2)nc1NCCCO. The van der Waals surface area contributed by atoms with Crippen molar-refractivity contribution in [2.45, 2.75) is 12.6 Å². The number of aliphatic hydroxyl groups excluding tert-OH is 1. The Bertz CT molecular complexity index is 718. The second-order valence-electron chi connectivity index (χ2n) is 5.01. The molecule has 0 aliphatic heterocycles.